The summed E-state index contributed by atoms with van der Waals surface area (Å²) in [5.74, 6) is 1.57. The van der Waals surface area contributed by atoms with Crippen LogP contribution in [0.2, 0.25) is 5.02 Å². The van der Waals surface area contributed by atoms with E-state index in [1.807, 2.05) is 18.2 Å². The van der Waals surface area contributed by atoms with Gasteiger partial charge in [-0.15, -0.1) is 12.4 Å². The van der Waals surface area contributed by atoms with Crippen molar-refractivity contribution in [3.8, 4) is 5.75 Å². The number of ether oxygens (including phenoxy) is 1. The van der Waals surface area contributed by atoms with Gasteiger partial charge in [0.2, 0.25) is 0 Å². The molecule has 1 aromatic rings. The summed E-state index contributed by atoms with van der Waals surface area (Å²) in [4.78, 5) is 2.43. The summed E-state index contributed by atoms with van der Waals surface area (Å²) in [7, 11) is 1.69. The van der Waals surface area contributed by atoms with Gasteiger partial charge in [-0.25, -0.2) is 0 Å². The summed E-state index contributed by atoms with van der Waals surface area (Å²) in [6, 6.07) is 5.81. The molecule has 0 radical (unpaired) electrons. The van der Waals surface area contributed by atoms with E-state index in [1.54, 1.807) is 7.11 Å². The molecule has 19 heavy (non-hydrogen) atoms. The molecular weight excluding hydrogens is 283 g/mol. The number of halogens is 2. The molecule has 108 valence electrons. The van der Waals surface area contributed by atoms with Crippen LogP contribution >= 0.6 is 24.0 Å². The van der Waals surface area contributed by atoms with E-state index in [0.717, 1.165) is 42.5 Å². The van der Waals surface area contributed by atoms with Crippen LogP contribution in [0.15, 0.2) is 18.2 Å². The molecule has 0 amide bonds. The minimum Gasteiger partial charge on any atom is -0.496 e. The van der Waals surface area contributed by atoms with Crippen molar-refractivity contribution in [2.24, 2.45) is 11.7 Å². The smallest absolute Gasteiger partial charge is 0.124 e. The topological polar surface area (TPSA) is 38.5 Å². The Kier molecular flexibility index (Phi) is 6.94. The van der Waals surface area contributed by atoms with Gasteiger partial charge in [-0.2, -0.15) is 0 Å². The van der Waals surface area contributed by atoms with Gasteiger partial charge in [-0.3, -0.25) is 4.90 Å². The number of piperidine rings is 1. The minimum absolute atomic E-state index is 0. The summed E-state index contributed by atoms with van der Waals surface area (Å²) in [6.07, 6.45) is 2.37. The summed E-state index contributed by atoms with van der Waals surface area (Å²) in [5, 5.41) is 0.787. The second-order valence-electron chi connectivity index (χ2n) is 4.88. The van der Waals surface area contributed by atoms with E-state index in [2.05, 4.69) is 4.90 Å². The maximum atomic E-state index is 6.26. The van der Waals surface area contributed by atoms with Gasteiger partial charge < -0.3 is 10.5 Å². The van der Waals surface area contributed by atoms with E-state index in [4.69, 9.17) is 22.1 Å². The van der Waals surface area contributed by atoms with E-state index < -0.39 is 0 Å². The third-order valence-electron chi connectivity index (χ3n) is 3.72. The Hall–Kier alpha value is -0.480. The van der Waals surface area contributed by atoms with Crippen molar-refractivity contribution in [3.63, 3.8) is 0 Å². The molecule has 2 N–H and O–H groups in total. The Morgan fingerprint density at radius 3 is 2.63 bits per heavy atom. The van der Waals surface area contributed by atoms with E-state index in [1.165, 1.54) is 12.8 Å². The zero-order valence-electron chi connectivity index (χ0n) is 11.3. The molecule has 1 heterocycles. The van der Waals surface area contributed by atoms with Crippen LogP contribution in [-0.4, -0.2) is 31.6 Å². The van der Waals surface area contributed by atoms with Crippen LogP contribution in [-0.2, 0) is 6.54 Å². The first-order valence-corrected chi connectivity index (χ1v) is 6.86. The molecule has 0 saturated carbocycles. The summed E-state index contributed by atoms with van der Waals surface area (Å²) < 4.78 is 5.38. The van der Waals surface area contributed by atoms with Gasteiger partial charge in [0.25, 0.3) is 0 Å². The fourth-order valence-electron chi connectivity index (χ4n) is 2.49. The molecule has 5 heteroatoms. The lowest BCUT2D eigenvalue weighted by atomic mass is 9.97. The molecular formula is C14H22Cl2N2O. The highest BCUT2D eigenvalue weighted by atomic mass is 35.5. The fraction of sp³-hybridized carbons (Fsp3) is 0.571. The zero-order chi connectivity index (χ0) is 13.0. The van der Waals surface area contributed by atoms with Crippen molar-refractivity contribution in [3.05, 3.63) is 28.8 Å². The van der Waals surface area contributed by atoms with Crippen LogP contribution < -0.4 is 10.5 Å². The van der Waals surface area contributed by atoms with Gasteiger partial charge >= 0.3 is 0 Å². The third kappa shape index (κ3) is 4.25. The van der Waals surface area contributed by atoms with Crippen LogP contribution in [0, 0.1) is 5.92 Å². The normalized spacial score (nSPS) is 17.0. The lowest BCUT2D eigenvalue weighted by Gasteiger charge is -2.31. The highest BCUT2D eigenvalue weighted by Gasteiger charge is 2.20. The average Bonchev–Trinajstić information content (AvgIpc) is 2.42. The third-order valence-corrected chi connectivity index (χ3v) is 4.07. The highest BCUT2D eigenvalue weighted by molar-refractivity contribution is 6.31. The molecule has 1 saturated heterocycles. The van der Waals surface area contributed by atoms with Gasteiger partial charge in [0.05, 0.1) is 7.11 Å². The molecule has 3 nitrogen and oxygen atoms in total. The maximum absolute atomic E-state index is 6.26. The van der Waals surface area contributed by atoms with Gasteiger partial charge in [-0.05, 0) is 50.5 Å². The van der Waals surface area contributed by atoms with Crippen molar-refractivity contribution in [1.29, 1.82) is 0 Å². The Morgan fingerprint density at radius 2 is 2.05 bits per heavy atom. The predicted molar refractivity (Wildman–Crippen MR) is 82.3 cm³/mol. The average molecular weight is 305 g/mol. The molecule has 0 aliphatic carbocycles. The molecule has 1 aliphatic rings. The summed E-state index contributed by atoms with van der Waals surface area (Å²) in [6.45, 7) is 3.86. The minimum atomic E-state index is 0. The number of likely N-dealkylation sites (tertiary alicyclic amines) is 1. The number of nitrogens with two attached hydrogens (primary N) is 1. The number of rotatable bonds is 4. The van der Waals surface area contributed by atoms with Crippen molar-refractivity contribution in [2.75, 3.05) is 26.7 Å². The first-order chi connectivity index (χ1) is 8.74. The lowest BCUT2D eigenvalue weighted by molar-refractivity contribution is 0.179. The van der Waals surface area contributed by atoms with Gasteiger partial charge in [0, 0.05) is 17.1 Å². The van der Waals surface area contributed by atoms with E-state index in [-0.39, 0.29) is 12.4 Å². The van der Waals surface area contributed by atoms with E-state index >= 15 is 0 Å². The first kappa shape index (κ1) is 16.6. The number of methoxy groups -OCH3 is 1. The van der Waals surface area contributed by atoms with Gasteiger partial charge in [0.15, 0.2) is 0 Å². The Morgan fingerprint density at radius 1 is 1.37 bits per heavy atom. The number of nitrogens with zero attached hydrogens (tertiary/aromatic N) is 1. The molecule has 0 aromatic heterocycles. The summed E-state index contributed by atoms with van der Waals surface area (Å²) >= 11 is 6.26. The Bertz CT molecular complexity index is 393. The van der Waals surface area contributed by atoms with Crippen molar-refractivity contribution in [1.82, 2.24) is 4.90 Å². The Balaban J connectivity index is 0.00000180. The van der Waals surface area contributed by atoms with Crippen molar-refractivity contribution in [2.45, 2.75) is 19.4 Å². The molecule has 0 atom stereocenters. The molecule has 0 spiro atoms. The maximum Gasteiger partial charge on any atom is 0.124 e. The van der Waals surface area contributed by atoms with Crippen LogP contribution in [0.1, 0.15) is 18.4 Å². The van der Waals surface area contributed by atoms with Crippen LogP contribution in [0.3, 0.4) is 0 Å². The monoisotopic (exact) mass is 304 g/mol. The Labute approximate surface area is 126 Å². The number of hydrogen-bond donors (Lipinski definition) is 1. The standard InChI is InChI=1S/C14H21ClN2O.ClH/c1-18-14-4-2-3-13(15)12(14)10-17-7-5-11(9-16)6-8-17;/h2-4,11H,5-10,16H2,1H3;1H. The van der Waals surface area contributed by atoms with Crippen LogP contribution in [0.25, 0.3) is 0 Å². The molecule has 1 aliphatic heterocycles. The molecule has 1 fully saturated rings. The number of hydrogen-bond acceptors (Lipinski definition) is 3. The second kappa shape index (κ2) is 7.95. The van der Waals surface area contributed by atoms with E-state index in [0.29, 0.717) is 5.92 Å². The fourth-order valence-corrected chi connectivity index (χ4v) is 2.71. The molecule has 2 rings (SSSR count). The van der Waals surface area contributed by atoms with Crippen molar-refractivity contribution < 1.29 is 4.74 Å². The van der Waals surface area contributed by atoms with Crippen LogP contribution in [0.4, 0.5) is 0 Å². The largest absolute Gasteiger partial charge is 0.496 e. The SMILES string of the molecule is COc1cccc(Cl)c1CN1CCC(CN)CC1.Cl. The predicted octanol–water partition coefficient (Wildman–Crippen LogP) is 2.94. The van der Waals surface area contributed by atoms with Crippen molar-refractivity contribution >= 4 is 24.0 Å². The van der Waals surface area contributed by atoms with Crippen LogP contribution in [0.5, 0.6) is 5.75 Å². The van der Waals surface area contributed by atoms with Gasteiger partial charge in [0.1, 0.15) is 5.75 Å². The zero-order valence-corrected chi connectivity index (χ0v) is 12.8. The lowest BCUT2D eigenvalue weighted by Crippen LogP contribution is -2.35. The quantitative estimate of drug-likeness (QED) is 0.929. The molecule has 1 aromatic carbocycles. The van der Waals surface area contributed by atoms with Gasteiger partial charge in [-0.1, -0.05) is 17.7 Å². The van der Waals surface area contributed by atoms with E-state index in [9.17, 15) is 0 Å². The first-order valence-electron chi connectivity index (χ1n) is 6.48. The number of benzene rings is 1. The summed E-state index contributed by atoms with van der Waals surface area (Å²) in [5.41, 5.74) is 6.80. The molecule has 0 unspecified atom stereocenters. The highest BCUT2D eigenvalue weighted by Crippen LogP contribution is 2.29. The molecule has 0 bridgehead atoms. The second-order valence-corrected chi connectivity index (χ2v) is 5.28.